The van der Waals surface area contributed by atoms with Gasteiger partial charge < -0.3 is 15.0 Å². The number of methoxy groups -OCH3 is 1. The first-order chi connectivity index (χ1) is 12.1. The molecule has 136 valence electrons. The summed E-state index contributed by atoms with van der Waals surface area (Å²) in [7, 11) is 1.39. The van der Waals surface area contributed by atoms with Gasteiger partial charge in [0.15, 0.2) is 0 Å². The summed E-state index contributed by atoms with van der Waals surface area (Å²) in [5.41, 5.74) is 2.69. The van der Waals surface area contributed by atoms with E-state index in [2.05, 4.69) is 34.5 Å². The number of piperidine rings is 1. The van der Waals surface area contributed by atoms with E-state index in [4.69, 9.17) is 4.74 Å². The Morgan fingerprint density at radius 3 is 2.76 bits per heavy atom. The van der Waals surface area contributed by atoms with E-state index in [1.165, 1.54) is 18.2 Å². The Bertz CT molecular complexity index is 634. The molecule has 1 fully saturated rings. The number of ether oxygens (including phenoxy) is 1. The molecule has 0 aromatic heterocycles. The largest absolute Gasteiger partial charge is 0.453 e. The van der Waals surface area contributed by atoms with Crippen LogP contribution in [-0.2, 0) is 22.5 Å². The maximum absolute atomic E-state index is 12.7. The molecule has 1 N–H and O–H groups in total. The summed E-state index contributed by atoms with van der Waals surface area (Å²) in [4.78, 5) is 28.2. The second kappa shape index (κ2) is 7.87. The normalized spacial score (nSPS) is 22.0. The van der Waals surface area contributed by atoms with Gasteiger partial charge >= 0.3 is 6.09 Å². The van der Waals surface area contributed by atoms with Crippen molar-refractivity contribution >= 4 is 12.0 Å². The van der Waals surface area contributed by atoms with Crippen LogP contribution in [0.5, 0.6) is 0 Å². The van der Waals surface area contributed by atoms with Crippen molar-refractivity contribution in [1.29, 1.82) is 0 Å². The molecule has 0 aliphatic carbocycles. The van der Waals surface area contributed by atoms with Crippen LogP contribution in [-0.4, -0.2) is 60.6 Å². The number of carbonyl (C=O) groups is 2. The Morgan fingerprint density at radius 2 is 2.00 bits per heavy atom. The van der Waals surface area contributed by atoms with Gasteiger partial charge in [0.25, 0.3) is 0 Å². The highest BCUT2D eigenvalue weighted by Crippen LogP contribution is 2.20. The van der Waals surface area contributed by atoms with Gasteiger partial charge in [0.05, 0.1) is 13.2 Å². The molecular formula is C19H27N3O3. The molecule has 1 saturated heterocycles. The molecule has 2 amide bonds. The fourth-order valence-corrected chi connectivity index (χ4v) is 3.73. The first-order valence-corrected chi connectivity index (χ1v) is 9.02. The van der Waals surface area contributed by atoms with E-state index in [0.29, 0.717) is 13.1 Å². The molecule has 1 aromatic rings. The molecule has 0 saturated carbocycles. The fraction of sp³-hybridized carbons (Fsp3) is 0.579. The Balaban J connectivity index is 1.55. The lowest BCUT2D eigenvalue weighted by Crippen LogP contribution is -2.54. The Morgan fingerprint density at radius 1 is 1.24 bits per heavy atom. The van der Waals surface area contributed by atoms with Gasteiger partial charge in [-0.2, -0.15) is 0 Å². The summed E-state index contributed by atoms with van der Waals surface area (Å²) in [6, 6.07) is 8.25. The topological polar surface area (TPSA) is 61.9 Å². The number of carbonyl (C=O) groups excluding carboxylic acids is 2. The van der Waals surface area contributed by atoms with Crippen LogP contribution in [0.1, 0.15) is 30.9 Å². The van der Waals surface area contributed by atoms with E-state index < -0.39 is 0 Å². The third-order valence-electron chi connectivity index (χ3n) is 5.29. The maximum Gasteiger partial charge on any atom is 0.409 e. The number of nitrogens with one attached hydrogen (secondary N) is 1. The Labute approximate surface area is 149 Å². The third kappa shape index (κ3) is 4.12. The molecule has 0 unspecified atom stereocenters. The minimum absolute atomic E-state index is 0.000114. The van der Waals surface area contributed by atoms with Crippen LogP contribution in [0.25, 0.3) is 0 Å². The minimum atomic E-state index is -0.320. The Kier molecular flexibility index (Phi) is 5.58. The van der Waals surface area contributed by atoms with Gasteiger partial charge in [-0.05, 0) is 37.3 Å². The number of rotatable bonds is 3. The van der Waals surface area contributed by atoms with E-state index in [1.807, 2.05) is 6.92 Å². The van der Waals surface area contributed by atoms with Crippen LogP contribution in [0.3, 0.4) is 0 Å². The minimum Gasteiger partial charge on any atom is -0.453 e. The first-order valence-electron chi connectivity index (χ1n) is 9.02. The summed E-state index contributed by atoms with van der Waals surface area (Å²) in [6.07, 6.45) is 2.44. The lowest BCUT2D eigenvalue weighted by Gasteiger charge is -2.36. The summed E-state index contributed by atoms with van der Waals surface area (Å²) in [5, 5.41) is 3.12. The van der Waals surface area contributed by atoms with Crippen LogP contribution in [0, 0.1) is 0 Å². The highest BCUT2D eigenvalue weighted by molar-refractivity contribution is 5.81. The van der Waals surface area contributed by atoms with Crippen molar-refractivity contribution in [1.82, 2.24) is 15.1 Å². The molecule has 1 aromatic carbocycles. The maximum atomic E-state index is 12.7. The van der Waals surface area contributed by atoms with Crippen LogP contribution < -0.4 is 5.32 Å². The van der Waals surface area contributed by atoms with Crippen LogP contribution in [0.2, 0.25) is 0 Å². The van der Waals surface area contributed by atoms with E-state index >= 15 is 0 Å². The molecular weight excluding hydrogens is 318 g/mol. The van der Waals surface area contributed by atoms with Crippen molar-refractivity contribution in [2.45, 2.75) is 44.8 Å². The first kappa shape index (κ1) is 17.7. The van der Waals surface area contributed by atoms with Crippen molar-refractivity contribution in [2.24, 2.45) is 0 Å². The second-order valence-corrected chi connectivity index (χ2v) is 6.93. The molecule has 0 bridgehead atoms. The molecule has 2 atom stereocenters. The molecule has 2 aliphatic rings. The van der Waals surface area contributed by atoms with Gasteiger partial charge in [0.1, 0.15) is 0 Å². The number of fused-ring (bicyclic) bond motifs is 1. The molecule has 3 rings (SSSR count). The van der Waals surface area contributed by atoms with Crippen molar-refractivity contribution < 1.29 is 14.3 Å². The molecule has 6 nitrogen and oxygen atoms in total. The Hall–Kier alpha value is -2.08. The summed E-state index contributed by atoms with van der Waals surface area (Å²) >= 11 is 0. The van der Waals surface area contributed by atoms with Crippen molar-refractivity contribution in [3.63, 3.8) is 0 Å². The molecule has 2 aliphatic heterocycles. The van der Waals surface area contributed by atoms with Gasteiger partial charge in [-0.3, -0.25) is 9.69 Å². The third-order valence-corrected chi connectivity index (χ3v) is 5.29. The lowest BCUT2D eigenvalue weighted by atomic mass is 9.98. The van der Waals surface area contributed by atoms with Gasteiger partial charge in [-0.1, -0.05) is 24.3 Å². The van der Waals surface area contributed by atoms with Gasteiger partial charge in [-0.25, -0.2) is 4.79 Å². The number of benzene rings is 1. The summed E-state index contributed by atoms with van der Waals surface area (Å²) < 4.78 is 4.78. The van der Waals surface area contributed by atoms with Crippen LogP contribution in [0.15, 0.2) is 24.3 Å². The van der Waals surface area contributed by atoms with Crippen molar-refractivity contribution in [2.75, 3.05) is 26.7 Å². The fourth-order valence-electron chi connectivity index (χ4n) is 3.73. The summed E-state index contributed by atoms with van der Waals surface area (Å²) in [5.74, 6) is 0.0381. The number of likely N-dealkylation sites (tertiary alicyclic amines) is 1. The van der Waals surface area contributed by atoms with Crippen molar-refractivity contribution in [3.05, 3.63) is 35.4 Å². The molecule has 0 radical (unpaired) electrons. The molecule has 0 spiro atoms. The van der Waals surface area contributed by atoms with Crippen LogP contribution >= 0.6 is 0 Å². The molecule has 25 heavy (non-hydrogen) atoms. The number of hydrogen-bond acceptors (Lipinski definition) is 4. The van der Waals surface area contributed by atoms with Crippen molar-refractivity contribution in [3.8, 4) is 0 Å². The standard InChI is InChI=1S/C19H27N3O3/c1-14(21-11-9-15-6-3-4-7-16(15)12-21)18(23)20-17-8-5-10-22(13-17)19(24)25-2/h3-4,6-7,14,17H,5,8-13H2,1-2H3,(H,20,23)/t14-,17+/m1/s1. The average molecular weight is 345 g/mol. The van der Waals surface area contributed by atoms with E-state index in [1.54, 1.807) is 4.90 Å². The monoisotopic (exact) mass is 345 g/mol. The summed E-state index contributed by atoms with van der Waals surface area (Å²) in [6.45, 7) is 4.88. The van der Waals surface area contributed by atoms with E-state index in [-0.39, 0.29) is 24.1 Å². The zero-order valence-electron chi connectivity index (χ0n) is 15.0. The predicted octanol–water partition coefficient (Wildman–Crippen LogP) is 1.78. The SMILES string of the molecule is COC(=O)N1CCC[C@H](NC(=O)[C@@H](C)N2CCc3ccccc3C2)C1. The quantitative estimate of drug-likeness (QED) is 0.907. The molecule has 6 heteroatoms. The highest BCUT2D eigenvalue weighted by Gasteiger charge is 2.29. The second-order valence-electron chi connectivity index (χ2n) is 6.93. The molecule has 2 heterocycles. The lowest BCUT2D eigenvalue weighted by molar-refractivity contribution is -0.127. The van der Waals surface area contributed by atoms with Gasteiger partial charge in [0, 0.05) is 32.2 Å². The zero-order chi connectivity index (χ0) is 17.8. The van der Waals surface area contributed by atoms with E-state index in [0.717, 1.165) is 32.4 Å². The number of hydrogen-bond donors (Lipinski definition) is 1. The smallest absolute Gasteiger partial charge is 0.409 e. The number of amides is 2. The highest BCUT2D eigenvalue weighted by atomic mass is 16.5. The zero-order valence-corrected chi connectivity index (χ0v) is 15.0. The van der Waals surface area contributed by atoms with Gasteiger partial charge in [0.2, 0.25) is 5.91 Å². The van der Waals surface area contributed by atoms with Gasteiger partial charge in [-0.15, -0.1) is 0 Å². The average Bonchev–Trinajstić information content (AvgIpc) is 2.66. The van der Waals surface area contributed by atoms with E-state index in [9.17, 15) is 9.59 Å². The predicted molar refractivity (Wildman–Crippen MR) is 95.2 cm³/mol. The van der Waals surface area contributed by atoms with Crippen LogP contribution in [0.4, 0.5) is 4.79 Å². The number of nitrogens with zero attached hydrogens (tertiary/aromatic N) is 2.